The van der Waals surface area contributed by atoms with Gasteiger partial charge in [-0.05, 0) is 72.7 Å². The molecule has 1 fully saturated rings. The van der Waals surface area contributed by atoms with Crippen LogP contribution in [0.15, 0.2) is 84.9 Å². The fourth-order valence-electron chi connectivity index (χ4n) is 4.15. The molecule has 0 amide bonds. The lowest BCUT2D eigenvalue weighted by Crippen LogP contribution is -2.33. The van der Waals surface area contributed by atoms with Crippen LogP contribution in [-0.4, -0.2) is 24.5 Å². The van der Waals surface area contributed by atoms with Gasteiger partial charge in [0, 0.05) is 6.54 Å². The molecule has 0 spiro atoms. The molecular formula is C27H28FN. The molecule has 148 valence electrons. The first-order chi connectivity index (χ1) is 14.3. The third-order valence-corrected chi connectivity index (χ3v) is 5.81. The molecule has 1 nitrogen and oxygen atoms in total. The molecule has 0 bridgehead atoms. The summed E-state index contributed by atoms with van der Waals surface area (Å²) in [5.41, 5.74) is 5.18. The maximum Gasteiger partial charge on any atom is 0.123 e. The molecule has 0 aliphatic carbocycles. The molecule has 1 aliphatic heterocycles. The second-order valence-electron chi connectivity index (χ2n) is 7.94. The summed E-state index contributed by atoms with van der Waals surface area (Å²) in [5, 5.41) is 0. The molecule has 0 aromatic heterocycles. The van der Waals surface area contributed by atoms with Gasteiger partial charge in [0.15, 0.2) is 0 Å². The van der Waals surface area contributed by atoms with E-state index in [4.69, 9.17) is 0 Å². The topological polar surface area (TPSA) is 3.24 Å². The SMILES string of the molecule is Fc1ccc(Cc2cccc(C3CCN(C/C=C/c4ccccc4)CC3)c2)cc1. The maximum atomic E-state index is 13.1. The molecule has 29 heavy (non-hydrogen) atoms. The summed E-state index contributed by atoms with van der Waals surface area (Å²) in [7, 11) is 0. The van der Waals surface area contributed by atoms with Gasteiger partial charge in [-0.1, -0.05) is 78.9 Å². The van der Waals surface area contributed by atoms with E-state index in [1.54, 1.807) is 12.1 Å². The molecule has 3 aromatic carbocycles. The van der Waals surface area contributed by atoms with E-state index in [1.807, 2.05) is 12.1 Å². The van der Waals surface area contributed by atoms with Crippen molar-refractivity contribution in [2.45, 2.75) is 25.2 Å². The van der Waals surface area contributed by atoms with Crippen molar-refractivity contribution in [3.8, 4) is 0 Å². The summed E-state index contributed by atoms with van der Waals surface area (Å²) in [6.45, 7) is 3.31. The molecule has 0 radical (unpaired) electrons. The summed E-state index contributed by atoms with van der Waals surface area (Å²) in [4.78, 5) is 2.54. The van der Waals surface area contributed by atoms with Crippen molar-refractivity contribution in [3.05, 3.63) is 113 Å². The Kier molecular flexibility index (Phi) is 6.53. The second kappa shape index (κ2) is 9.67. The smallest absolute Gasteiger partial charge is 0.123 e. The lowest BCUT2D eigenvalue weighted by molar-refractivity contribution is 0.233. The minimum atomic E-state index is -0.173. The Morgan fingerprint density at radius 1 is 0.828 bits per heavy atom. The largest absolute Gasteiger partial charge is 0.300 e. The number of hydrogen-bond acceptors (Lipinski definition) is 1. The Morgan fingerprint density at radius 2 is 1.59 bits per heavy atom. The summed E-state index contributed by atoms with van der Waals surface area (Å²) in [5.74, 6) is 0.463. The van der Waals surface area contributed by atoms with Crippen molar-refractivity contribution in [1.29, 1.82) is 0 Å². The van der Waals surface area contributed by atoms with Gasteiger partial charge in [0.1, 0.15) is 5.82 Å². The molecule has 0 atom stereocenters. The Hall–Kier alpha value is -2.71. The van der Waals surface area contributed by atoms with E-state index >= 15 is 0 Å². The Morgan fingerprint density at radius 3 is 2.34 bits per heavy atom. The first-order valence-electron chi connectivity index (χ1n) is 10.5. The van der Waals surface area contributed by atoms with Gasteiger partial charge in [0.05, 0.1) is 0 Å². The zero-order chi connectivity index (χ0) is 19.9. The third-order valence-electron chi connectivity index (χ3n) is 5.81. The van der Waals surface area contributed by atoms with E-state index in [-0.39, 0.29) is 5.82 Å². The van der Waals surface area contributed by atoms with Gasteiger partial charge in [0.2, 0.25) is 0 Å². The van der Waals surface area contributed by atoms with E-state index in [1.165, 1.54) is 29.5 Å². The average molecular weight is 386 g/mol. The van der Waals surface area contributed by atoms with Crippen molar-refractivity contribution in [2.24, 2.45) is 0 Å². The molecule has 0 unspecified atom stereocenters. The lowest BCUT2D eigenvalue weighted by atomic mass is 9.88. The predicted octanol–water partition coefficient (Wildman–Crippen LogP) is 6.31. The van der Waals surface area contributed by atoms with Crippen LogP contribution in [0.1, 0.15) is 41.0 Å². The molecule has 1 aliphatic rings. The van der Waals surface area contributed by atoms with Gasteiger partial charge >= 0.3 is 0 Å². The highest BCUT2D eigenvalue weighted by Crippen LogP contribution is 2.29. The predicted molar refractivity (Wildman–Crippen MR) is 120 cm³/mol. The molecule has 4 rings (SSSR count). The zero-order valence-corrected chi connectivity index (χ0v) is 16.8. The van der Waals surface area contributed by atoms with E-state index < -0.39 is 0 Å². The van der Waals surface area contributed by atoms with Gasteiger partial charge in [-0.25, -0.2) is 4.39 Å². The van der Waals surface area contributed by atoms with Crippen molar-refractivity contribution in [1.82, 2.24) is 4.90 Å². The van der Waals surface area contributed by atoms with Crippen molar-refractivity contribution in [2.75, 3.05) is 19.6 Å². The number of rotatable bonds is 6. The Balaban J connectivity index is 1.30. The molecule has 2 heteroatoms. The van der Waals surface area contributed by atoms with E-state index in [9.17, 15) is 4.39 Å². The van der Waals surface area contributed by atoms with Crippen LogP contribution in [0.2, 0.25) is 0 Å². The zero-order valence-electron chi connectivity index (χ0n) is 16.8. The van der Waals surface area contributed by atoms with Crippen LogP contribution >= 0.6 is 0 Å². The minimum Gasteiger partial charge on any atom is -0.300 e. The molecule has 0 N–H and O–H groups in total. The van der Waals surface area contributed by atoms with Gasteiger partial charge in [-0.3, -0.25) is 4.90 Å². The number of piperidine rings is 1. The van der Waals surface area contributed by atoms with E-state index in [0.717, 1.165) is 31.6 Å². The fourth-order valence-corrected chi connectivity index (χ4v) is 4.15. The highest BCUT2D eigenvalue weighted by Gasteiger charge is 2.20. The van der Waals surface area contributed by atoms with E-state index in [0.29, 0.717) is 5.92 Å². The molecule has 1 heterocycles. The second-order valence-corrected chi connectivity index (χ2v) is 7.94. The number of benzene rings is 3. The average Bonchev–Trinajstić information content (AvgIpc) is 2.77. The molecule has 1 saturated heterocycles. The summed E-state index contributed by atoms with van der Waals surface area (Å²) in [6, 6.07) is 26.3. The van der Waals surface area contributed by atoms with Gasteiger partial charge in [-0.2, -0.15) is 0 Å². The first kappa shape index (κ1) is 19.6. The van der Waals surface area contributed by atoms with Crippen LogP contribution in [0.25, 0.3) is 6.08 Å². The first-order valence-corrected chi connectivity index (χ1v) is 10.5. The van der Waals surface area contributed by atoms with Crippen LogP contribution in [-0.2, 0) is 6.42 Å². The van der Waals surface area contributed by atoms with Crippen molar-refractivity contribution < 1.29 is 4.39 Å². The molecular weight excluding hydrogens is 357 g/mol. The van der Waals surface area contributed by atoms with Gasteiger partial charge < -0.3 is 0 Å². The summed E-state index contributed by atoms with van der Waals surface area (Å²) >= 11 is 0. The minimum absolute atomic E-state index is 0.173. The lowest BCUT2D eigenvalue weighted by Gasteiger charge is -2.31. The number of halogens is 1. The monoisotopic (exact) mass is 385 g/mol. The van der Waals surface area contributed by atoms with Crippen LogP contribution < -0.4 is 0 Å². The normalized spacial score (nSPS) is 15.8. The van der Waals surface area contributed by atoms with E-state index in [2.05, 4.69) is 71.6 Å². The fraction of sp³-hybridized carbons (Fsp3) is 0.259. The summed E-state index contributed by atoms with van der Waals surface area (Å²) < 4.78 is 13.1. The summed E-state index contributed by atoms with van der Waals surface area (Å²) in [6.07, 6.45) is 7.76. The highest BCUT2D eigenvalue weighted by atomic mass is 19.1. The van der Waals surface area contributed by atoms with Crippen LogP contribution in [0.3, 0.4) is 0 Å². The van der Waals surface area contributed by atoms with Gasteiger partial charge in [-0.15, -0.1) is 0 Å². The van der Waals surface area contributed by atoms with Crippen molar-refractivity contribution in [3.63, 3.8) is 0 Å². The quantitative estimate of drug-likeness (QED) is 0.481. The van der Waals surface area contributed by atoms with Crippen molar-refractivity contribution >= 4 is 6.08 Å². The molecule has 0 saturated carbocycles. The van der Waals surface area contributed by atoms with Crippen LogP contribution in [0, 0.1) is 5.82 Å². The standard InChI is InChI=1S/C27H28FN/c28-27-13-11-23(12-14-27)20-24-8-4-10-26(21-24)25-15-18-29(19-16-25)17-5-9-22-6-2-1-3-7-22/h1-14,21,25H,15-20H2/b9-5+. The Labute approximate surface area is 173 Å². The van der Waals surface area contributed by atoms with Crippen LogP contribution in [0.5, 0.6) is 0 Å². The number of hydrogen-bond donors (Lipinski definition) is 0. The van der Waals surface area contributed by atoms with Crippen LogP contribution in [0.4, 0.5) is 4.39 Å². The van der Waals surface area contributed by atoms with Gasteiger partial charge in [0.25, 0.3) is 0 Å². The Bertz CT molecular complexity index is 922. The third kappa shape index (κ3) is 5.65. The molecule has 3 aromatic rings. The number of nitrogens with zero attached hydrogens (tertiary/aromatic N) is 1. The number of likely N-dealkylation sites (tertiary alicyclic amines) is 1. The highest BCUT2D eigenvalue weighted by molar-refractivity contribution is 5.48. The maximum absolute atomic E-state index is 13.1.